The van der Waals surface area contributed by atoms with E-state index in [9.17, 15) is 14.9 Å². The van der Waals surface area contributed by atoms with Crippen LogP contribution in [0.15, 0.2) is 36.5 Å². The van der Waals surface area contributed by atoms with E-state index in [1.165, 1.54) is 32.4 Å². The van der Waals surface area contributed by atoms with Crippen molar-refractivity contribution in [2.75, 3.05) is 14.2 Å². The summed E-state index contributed by atoms with van der Waals surface area (Å²) < 4.78 is 10.2. The summed E-state index contributed by atoms with van der Waals surface area (Å²) in [5.41, 5.74) is 0.590. The first kappa shape index (κ1) is 16.2. The molecular weight excluding hydrogens is 302 g/mol. The van der Waals surface area contributed by atoms with E-state index in [0.29, 0.717) is 11.4 Å². The van der Waals surface area contributed by atoms with Crippen molar-refractivity contribution in [3.05, 3.63) is 57.8 Å². The molecule has 0 saturated carbocycles. The highest BCUT2D eigenvalue weighted by Crippen LogP contribution is 2.24. The average Bonchev–Trinajstić information content (AvgIpc) is 2.59. The lowest BCUT2D eigenvalue weighted by Crippen LogP contribution is -2.23. The number of pyridine rings is 1. The highest BCUT2D eigenvalue weighted by Gasteiger charge is 2.17. The highest BCUT2D eigenvalue weighted by atomic mass is 16.6. The first-order chi connectivity index (χ1) is 11.1. The fourth-order valence-electron chi connectivity index (χ4n) is 2.00. The first-order valence-electron chi connectivity index (χ1n) is 6.65. The zero-order chi connectivity index (χ0) is 16.8. The molecule has 2 rings (SSSR count). The standard InChI is InChI=1S/C15H15N3O5/c1-22-13-6-5-11(18(20)21)8-12(13)14(19)17-9-10-4-3-7-16-15(10)23-2/h3-8H,9H2,1-2H3,(H,17,19). The van der Waals surface area contributed by atoms with E-state index >= 15 is 0 Å². The maximum Gasteiger partial charge on any atom is 0.270 e. The summed E-state index contributed by atoms with van der Waals surface area (Å²) in [5, 5.41) is 13.5. The normalized spacial score (nSPS) is 10.0. The number of methoxy groups -OCH3 is 2. The van der Waals surface area contributed by atoms with Crippen molar-refractivity contribution in [1.29, 1.82) is 0 Å². The number of aromatic nitrogens is 1. The summed E-state index contributed by atoms with van der Waals surface area (Å²) in [6.45, 7) is 0.168. The number of rotatable bonds is 6. The summed E-state index contributed by atoms with van der Waals surface area (Å²) >= 11 is 0. The quantitative estimate of drug-likeness (QED) is 0.645. The van der Waals surface area contributed by atoms with Gasteiger partial charge in [-0.15, -0.1) is 0 Å². The van der Waals surface area contributed by atoms with Gasteiger partial charge in [0, 0.05) is 30.4 Å². The van der Waals surface area contributed by atoms with Gasteiger partial charge in [0.1, 0.15) is 5.75 Å². The van der Waals surface area contributed by atoms with E-state index < -0.39 is 10.8 Å². The molecule has 1 aromatic carbocycles. The minimum Gasteiger partial charge on any atom is -0.496 e. The van der Waals surface area contributed by atoms with Crippen molar-refractivity contribution in [1.82, 2.24) is 10.3 Å². The number of nitrogens with one attached hydrogen (secondary N) is 1. The first-order valence-corrected chi connectivity index (χ1v) is 6.65. The molecule has 0 aliphatic heterocycles. The third-order valence-corrected chi connectivity index (χ3v) is 3.12. The summed E-state index contributed by atoms with van der Waals surface area (Å²) in [7, 11) is 2.87. The number of nitro groups is 1. The number of nitro benzene ring substituents is 1. The molecular formula is C15H15N3O5. The van der Waals surface area contributed by atoms with Crippen LogP contribution in [-0.2, 0) is 6.54 Å². The van der Waals surface area contributed by atoms with Crippen LogP contribution in [0.3, 0.4) is 0 Å². The summed E-state index contributed by atoms with van der Waals surface area (Å²) in [4.78, 5) is 26.6. The van der Waals surface area contributed by atoms with Crippen molar-refractivity contribution >= 4 is 11.6 Å². The van der Waals surface area contributed by atoms with Gasteiger partial charge in [0.2, 0.25) is 5.88 Å². The molecule has 0 aliphatic rings. The second kappa shape index (κ2) is 7.21. The lowest BCUT2D eigenvalue weighted by Gasteiger charge is -2.10. The topological polar surface area (TPSA) is 104 Å². The van der Waals surface area contributed by atoms with Crippen LogP contribution in [-0.4, -0.2) is 30.0 Å². The van der Waals surface area contributed by atoms with Gasteiger partial charge >= 0.3 is 0 Å². The molecule has 0 unspecified atom stereocenters. The number of benzene rings is 1. The molecule has 0 fully saturated rings. The van der Waals surface area contributed by atoms with Crippen LogP contribution in [0.1, 0.15) is 15.9 Å². The van der Waals surface area contributed by atoms with Gasteiger partial charge in [0.25, 0.3) is 11.6 Å². The Labute approximate surface area is 132 Å². The largest absolute Gasteiger partial charge is 0.496 e. The molecule has 8 heteroatoms. The van der Waals surface area contributed by atoms with Gasteiger partial charge in [0.15, 0.2) is 0 Å². The molecule has 0 saturated heterocycles. The smallest absolute Gasteiger partial charge is 0.270 e. The number of hydrogen-bond acceptors (Lipinski definition) is 6. The number of ether oxygens (including phenoxy) is 2. The van der Waals surface area contributed by atoms with E-state index in [1.54, 1.807) is 18.3 Å². The second-order valence-electron chi connectivity index (χ2n) is 4.50. The third-order valence-electron chi connectivity index (χ3n) is 3.12. The lowest BCUT2D eigenvalue weighted by molar-refractivity contribution is -0.384. The summed E-state index contributed by atoms with van der Waals surface area (Å²) in [6.07, 6.45) is 1.58. The molecule has 0 bridgehead atoms. The third kappa shape index (κ3) is 3.73. The molecule has 120 valence electrons. The summed E-state index contributed by atoms with van der Waals surface area (Å²) in [5.74, 6) is 0.168. The Kier molecular flexibility index (Phi) is 5.08. The van der Waals surface area contributed by atoms with Crippen LogP contribution < -0.4 is 14.8 Å². The maximum atomic E-state index is 12.3. The predicted octanol–water partition coefficient (Wildman–Crippen LogP) is 1.94. The fraction of sp³-hybridized carbons (Fsp3) is 0.200. The van der Waals surface area contributed by atoms with Crippen LogP contribution >= 0.6 is 0 Å². The van der Waals surface area contributed by atoms with E-state index in [4.69, 9.17) is 9.47 Å². The number of non-ortho nitro benzene ring substituents is 1. The van der Waals surface area contributed by atoms with Crippen LogP contribution in [0.25, 0.3) is 0 Å². The van der Waals surface area contributed by atoms with Gasteiger partial charge in [-0.05, 0) is 12.1 Å². The average molecular weight is 317 g/mol. The van der Waals surface area contributed by atoms with Crippen molar-refractivity contribution in [2.45, 2.75) is 6.54 Å². The van der Waals surface area contributed by atoms with Crippen LogP contribution in [0.5, 0.6) is 11.6 Å². The van der Waals surface area contributed by atoms with Crippen LogP contribution in [0.4, 0.5) is 5.69 Å². The molecule has 0 radical (unpaired) electrons. The predicted molar refractivity (Wildman–Crippen MR) is 81.6 cm³/mol. The minimum atomic E-state index is -0.569. The van der Waals surface area contributed by atoms with Gasteiger partial charge in [-0.2, -0.15) is 0 Å². The Morgan fingerprint density at radius 2 is 2.09 bits per heavy atom. The molecule has 0 atom stereocenters. The van der Waals surface area contributed by atoms with Crippen molar-refractivity contribution in [3.8, 4) is 11.6 Å². The van der Waals surface area contributed by atoms with Crippen LogP contribution in [0, 0.1) is 10.1 Å². The molecule has 0 aliphatic carbocycles. The zero-order valence-electron chi connectivity index (χ0n) is 12.6. The van der Waals surface area contributed by atoms with E-state index in [-0.39, 0.29) is 23.5 Å². The Balaban J connectivity index is 2.20. The summed E-state index contributed by atoms with van der Waals surface area (Å²) in [6, 6.07) is 7.32. The zero-order valence-corrected chi connectivity index (χ0v) is 12.6. The van der Waals surface area contributed by atoms with Crippen molar-refractivity contribution < 1.29 is 19.2 Å². The van der Waals surface area contributed by atoms with E-state index in [2.05, 4.69) is 10.3 Å². The molecule has 1 heterocycles. The van der Waals surface area contributed by atoms with Crippen LogP contribution in [0.2, 0.25) is 0 Å². The van der Waals surface area contributed by atoms with Gasteiger partial charge < -0.3 is 14.8 Å². The molecule has 23 heavy (non-hydrogen) atoms. The number of carbonyl (C=O) groups is 1. The molecule has 1 amide bonds. The highest BCUT2D eigenvalue weighted by molar-refractivity contribution is 5.97. The van der Waals surface area contributed by atoms with E-state index in [1.807, 2.05) is 0 Å². The van der Waals surface area contributed by atoms with Gasteiger partial charge in [-0.3, -0.25) is 14.9 Å². The number of hydrogen-bond donors (Lipinski definition) is 1. The van der Waals surface area contributed by atoms with Crippen molar-refractivity contribution in [2.24, 2.45) is 0 Å². The Morgan fingerprint density at radius 3 is 2.74 bits per heavy atom. The minimum absolute atomic E-state index is 0.0876. The number of carbonyl (C=O) groups excluding carboxylic acids is 1. The second-order valence-corrected chi connectivity index (χ2v) is 4.50. The molecule has 2 aromatic rings. The van der Waals surface area contributed by atoms with Gasteiger partial charge in [-0.1, -0.05) is 6.07 Å². The number of nitrogens with zero attached hydrogens (tertiary/aromatic N) is 2. The fourth-order valence-corrected chi connectivity index (χ4v) is 2.00. The van der Waals surface area contributed by atoms with Gasteiger partial charge in [0.05, 0.1) is 24.7 Å². The Hall–Kier alpha value is -3.16. The lowest BCUT2D eigenvalue weighted by atomic mass is 10.1. The molecule has 8 nitrogen and oxygen atoms in total. The van der Waals surface area contributed by atoms with Gasteiger partial charge in [-0.25, -0.2) is 4.98 Å². The Morgan fingerprint density at radius 1 is 1.30 bits per heavy atom. The monoisotopic (exact) mass is 317 g/mol. The van der Waals surface area contributed by atoms with E-state index in [0.717, 1.165) is 0 Å². The SMILES string of the molecule is COc1ccc([N+](=O)[O-])cc1C(=O)NCc1cccnc1OC. The maximum absolute atomic E-state index is 12.3. The Bertz CT molecular complexity index is 733. The molecule has 1 N–H and O–H groups in total. The molecule has 1 aromatic heterocycles. The number of amides is 1. The van der Waals surface area contributed by atoms with Crippen molar-refractivity contribution in [3.63, 3.8) is 0 Å². The molecule has 0 spiro atoms.